The van der Waals surface area contributed by atoms with E-state index in [-0.39, 0.29) is 5.91 Å². The molecule has 3 rings (SSSR count). The summed E-state index contributed by atoms with van der Waals surface area (Å²) >= 11 is 1.67. The molecule has 0 saturated heterocycles. The first-order chi connectivity index (χ1) is 12.1. The molecule has 1 aromatic heterocycles. The third kappa shape index (κ3) is 4.88. The highest BCUT2D eigenvalue weighted by Crippen LogP contribution is 2.29. The largest absolute Gasteiger partial charge is 0.352 e. The van der Waals surface area contributed by atoms with Gasteiger partial charge in [0.25, 0.3) is 0 Å². The van der Waals surface area contributed by atoms with E-state index in [0.29, 0.717) is 23.6 Å². The molecule has 1 aliphatic rings. The van der Waals surface area contributed by atoms with Gasteiger partial charge in [-0.3, -0.25) is 4.79 Å². The molecule has 3 atom stereocenters. The van der Waals surface area contributed by atoms with E-state index >= 15 is 0 Å². The highest BCUT2D eigenvalue weighted by Gasteiger charge is 2.27. The van der Waals surface area contributed by atoms with Crippen LogP contribution in [0.4, 0.5) is 0 Å². The third-order valence-corrected chi connectivity index (χ3v) is 6.26. The van der Waals surface area contributed by atoms with E-state index in [1.54, 1.807) is 18.0 Å². The van der Waals surface area contributed by atoms with Crippen LogP contribution in [0.3, 0.4) is 0 Å². The van der Waals surface area contributed by atoms with Crippen LogP contribution in [-0.2, 0) is 10.5 Å². The molecule has 4 nitrogen and oxygen atoms in total. The first-order valence-corrected chi connectivity index (χ1v) is 10.2. The quantitative estimate of drug-likeness (QED) is 0.848. The minimum absolute atomic E-state index is 0.170. The number of hydrogen-bond donors (Lipinski definition) is 1. The van der Waals surface area contributed by atoms with E-state index < -0.39 is 0 Å². The van der Waals surface area contributed by atoms with Gasteiger partial charge in [-0.25, -0.2) is 4.68 Å². The summed E-state index contributed by atoms with van der Waals surface area (Å²) in [6.45, 7) is 4.56. The maximum absolute atomic E-state index is 12.2. The number of hydrogen-bond acceptors (Lipinski definition) is 3. The molecule has 1 aromatic carbocycles. The van der Waals surface area contributed by atoms with Crippen molar-refractivity contribution in [3.05, 3.63) is 48.3 Å². The number of rotatable bonds is 6. The molecule has 1 aliphatic carbocycles. The Bertz CT molecular complexity index is 669. The van der Waals surface area contributed by atoms with Crippen LogP contribution < -0.4 is 5.32 Å². The fourth-order valence-corrected chi connectivity index (χ4v) is 4.26. The van der Waals surface area contributed by atoms with Gasteiger partial charge in [0.05, 0.1) is 11.4 Å². The molecular weight excluding hydrogens is 330 g/mol. The van der Waals surface area contributed by atoms with Crippen LogP contribution in [0.2, 0.25) is 0 Å². The fraction of sp³-hybridized carbons (Fsp3) is 0.500. The summed E-state index contributed by atoms with van der Waals surface area (Å²) < 4.78 is 1.84. The van der Waals surface area contributed by atoms with Crippen molar-refractivity contribution >= 4 is 17.7 Å². The lowest BCUT2D eigenvalue weighted by molar-refractivity contribution is -0.119. The summed E-state index contributed by atoms with van der Waals surface area (Å²) in [6, 6.07) is 10.6. The van der Waals surface area contributed by atoms with E-state index in [1.165, 1.54) is 18.4 Å². The van der Waals surface area contributed by atoms with Crippen molar-refractivity contribution in [2.24, 2.45) is 11.8 Å². The second-order valence-electron chi connectivity index (χ2n) is 7.05. The Morgan fingerprint density at radius 1 is 1.28 bits per heavy atom. The van der Waals surface area contributed by atoms with Gasteiger partial charge < -0.3 is 5.32 Å². The molecule has 1 N–H and O–H groups in total. The Hall–Kier alpha value is -1.75. The van der Waals surface area contributed by atoms with Gasteiger partial charge in [0.15, 0.2) is 0 Å². The zero-order valence-electron chi connectivity index (χ0n) is 15.0. The zero-order valence-corrected chi connectivity index (χ0v) is 15.8. The fourth-order valence-electron chi connectivity index (χ4n) is 3.46. The van der Waals surface area contributed by atoms with Crippen LogP contribution in [0.1, 0.15) is 38.7 Å². The highest BCUT2D eigenvalue weighted by atomic mass is 32.2. The molecule has 2 aromatic rings. The number of nitrogens with one attached hydrogen (secondary N) is 1. The molecule has 0 spiro atoms. The predicted octanol–water partition coefficient (Wildman–Crippen LogP) is 4.05. The Morgan fingerprint density at radius 2 is 2.08 bits per heavy atom. The maximum Gasteiger partial charge on any atom is 0.230 e. The summed E-state index contributed by atoms with van der Waals surface area (Å²) in [5.74, 6) is 2.84. The van der Waals surface area contributed by atoms with E-state index in [1.807, 2.05) is 16.9 Å². The van der Waals surface area contributed by atoms with E-state index in [0.717, 1.165) is 17.9 Å². The molecule has 134 valence electrons. The molecule has 5 heteroatoms. The summed E-state index contributed by atoms with van der Waals surface area (Å²) in [6.07, 6.45) is 7.34. The lowest BCUT2D eigenvalue weighted by atomic mass is 9.78. The molecule has 0 bridgehead atoms. The average molecular weight is 358 g/mol. The number of carbonyl (C=O) groups excluding carboxylic acids is 1. The number of thioether (sulfide) groups is 1. The second kappa shape index (κ2) is 8.56. The van der Waals surface area contributed by atoms with Crippen LogP contribution >= 0.6 is 11.8 Å². The summed E-state index contributed by atoms with van der Waals surface area (Å²) in [4.78, 5) is 12.2. The molecule has 0 aliphatic heterocycles. The summed E-state index contributed by atoms with van der Waals surface area (Å²) in [7, 11) is 0. The van der Waals surface area contributed by atoms with Crippen LogP contribution in [0.5, 0.6) is 0 Å². The molecule has 1 fully saturated rings. The molecular formula is C20H27N3OS. The Morgan fingerprint density at radius 3 is 2.80 bits per heavy atom. The summed E-state index contributed by atoms with van der Waals surface area (Å²) in [5, 5.41) is 7.47. The number of carbonyl (C=O) groups is 1. The SMILES string of the molecule is C[C@@H]1[C@H](C)CCC[C@@H]1NC(=O)CSCc1ccc(-n2cccn2)cc1. The first kappa shape index (κ1) is 18.1. The third-order valence-electron chi connectivity index (χ3n) is 5.26. The summed E-state index contributed by atoms with van der Waals surface area (Å²) in [5.41, 5.74) is 2.28. The van der Waals surface area contributed by atoms with E-state index in [2.05, 4.69) is 48.5 Å². The number of aromatic nitrogens is 2. The van der Waals surface area contributed by atoms with Crippen LogP contribution in [0, 0.1) is 11.8 Å². The lowest BCUT2D eigenvalue weighted by Crippen LogP contribution is -2.44. The predicted molar refractivity (Wildman–Crippen MR) is 104 cm³/mol. The van der Waals surface area contributed by atoms with Crippen LogP contribution in [0.25, 0.3) is 5.69 Å². The Kier molecular flexibility index (Phi) is 6.19. The Labute approximate surface area is 154 Å². The van der Waals surface area contributed by atoms with Crippen LogP contribution in [-0.4, -0.2) is 27.5 Å². The number of benzene rings is 1. The molecule has 1 heterocycles. The minimum Gasteiger partial charge on any atom is -0.352 e. The van der Waals surface area contributed by atoms with Gasteiger partial charge in [0.1, 0.15) is 0 Å². The van der Waals surface area contributed by atoms with Crippen LogP contribution in [0.15, 0.2) is 42.7 Å². The average Bonchev–Trinajstić information content (AvgIpc) is 3.14. The van der Waals surface area contributed by atoms with E-state index in [9.17, 15) is 4.79 Å². The molecule has 0 unspecified atom stereocenters. The van der Waals surface area contributed by atoms with Crippen molar-refractivity contribution in [3.63, 3.8) is 0 Å². The maximum atomic E-state index is 12.2. The molecule has 1 amide bonds. The normalized spacial score (nSPS) is 23.4. The molecule has 1 saturated carbocycles. The standard InChI is InChI=1S/C20H27N3OS/c1-15-5-3-6-19(16(15)2)22-20(24)14-25-13-17-7-9-18(10-8-17)23-12-4-11-21-23/h4,7-12,15-16,19H,3,5-6,13-14H2,1-2H3,(H,22,24)/t15-,16-,19+/m1/s1. The molecule has 0 radical (unpaired) electrons. The van der Waals surface area contributed by atoms with Crippen molar-refractivity contribution in [1.82, 2.24) is 15.1 Å². The monoisotopic (exact) mass is 357 g/mol. The zero-order chi connectivity index (χ0) is 17.6. The second-order valence-corrected chi connectivity index (χ2v) is 8.04. The number of nitrogens with zero attached hydrogens (tertiary/aromatic N) is 2. The van der Waals surface area contributed by atoms with Gasteiger partial charge in [-0.2, -0.15) is 5.10 Å². The molecule has 25 heavy (non-hydrogen) atoms. The van der Waals surface area contributed by atoms with Crippen molar-refractivity contribution in [3.8, 4) is 5.69 Å². The lowest BCUT2D eigenvalue weighted by Gasteiger charge is -2.34. The van der Waals surface area contributed by atoms with E-state index in [4.69, 9.17) is 0 Å². The smallest absolute Gasteiger partial charge is 0.230 e. The first-order valence-electron chi connectivity index (χ1n) is 9.09. The van der Waals surface area contributed by atoms with Gasteiger partial charge >= 0.3 is 0 Å². The topological polar surface area (TPSA) is 46.9 Å². The van der Waals surface area contributed by atoms with Crippen molar-refractivity contribution in [1.29, 1.82) is 0 Å². The minimum atomic E-state index is 0.170. The Balaban J connectivity index is 1.42. The van der Waals surface area contributed by atoms with Crippen molar-refractivity contribution < 1.29 is 4.79 Å². The van der Waals surface area contributed by atoms with Gasteiger partial charge in [-0.15, -0.1) is 11.8 Å². The van der Waals surface area contributed by atoms with Gasteiger partial charge in [0.2, 0.25) is 5.91 Å². The van der Waals surface area contributed by atoms with Crippen molar-refractivity contribution in [2.75, 3.05) is 5.75 Å². The van der Waals surface area contributed by atoms with Gasteiger partial charge in [-0.05, 0) is 42.0 Å². The van der Waals surface area contributed by atoms with Gasteiger partial charge in [0, 0.05) is 24.2 Å². The van der Waals surface area contributed by atoms with Crippen molar-refractivity contribution in [2.45, 2.75) is 44.9 Å². The number of amides is 1. The highest BCUT2D eigenvalue weighted by molar-refractivity contribution is 7.99. The van der Waals surface area contributed by atoms with Gasteiger partial charge in [-0.1, -0.05) is 38.8 Å².